The minimum atomic E-state index is -3.95. The average molecular weight is 318 g/mol. The molecule has 0 aliphatic carbocycles. The van der Waals surface area contributed by atoms with Crippen LogP contribution in [0.3, 0.4) is 0 Å². The molecule has 1 aromatic rings. The predicted octanol–water partition coefficient (Wildman–Crippen LogP) is 0.821. The van der Waals surface area contributed by atoms with Gasteiger partial charge < -0.3 is 9.84 Å². The number of rotatable bonds is 4. The van der Waals surface area contributed by atoms with Crippen molar-refractivity contribution in [1.29, 1.82) is 0 Å². The number of ether oxygens (including phenoxy) is 1. The number of halogens is 1. The van der Waals surface area contributed by atoms with E-state index in [4.69, 9.17) is 9.84 Å². The van der Waals surface area contributed by atoms with Gasteiger partial charge >= 0.3 is 16.2 Å². The fourth-order valence-corrected chi connectivity index (χ4v) is 3.23. The van der Waals surface area contributed by atoms with Crippen LogP contribution in [0.25, 0.3) is 0 Å². The van der Waals surface area contributed by atoms with Crippen LogP contribution in [0.15, 0.2) is 12.1 Å². The minimum Gasteiger partial charge on any atom is -0.478 e. The standard InChI is InChI=1S/C12H15FN2O5S/c1-8-6-9(13)11(12(16)17)10(7-8)14-21(18,19)15-2-4-20-5-3-15/h6-7,14H,2-5H2,1H3,(H,16,17). The molecule has 21 heavy (non-hydrogen) atoms. The van der Waals surface area contributed by atoms with Gasteiger partial charge in [-0.3, -0.25) is 4.72 Å². The minimum absolute atomic E-state index is 0.159. The molecule has 1 aliphatic heterocycles. The molecular weight excluding hydrogens is 303 g/mol. The van der Waals surface area contributed by atoms with Crippen LogP contribution >= 0.6 is 0 Å². The molecule has 2 N–H and O–H groups in total. The largest absolute Gasteiger partial charge is 0.478 e. The fourth-order valence-electron chi connectivity index (χ4n) is 2.03. The quantitative estimate of drug-likeness (QED) is 0.857. The molecule has 2 rings (SSSR count). The van der Waals surface area contributed by atoms with Crippen molar-refractivity contribution >= 4 is 21.9 Å². The van der Waals surface area contributed by atoms with Gasteiger partial charge in [0.25, 0.3) is 0 Å². The van der Waals surface area contributed by atoms with Gasteiger partial charge in [-0.2, -0.15) is 12.7 Å². The normalized spacial score (nSPS) is 16.7. The summed E-state index contributed by atoms with van der Waals surface area (Å²) in [5, 5.41) is 9.04. The zero-order valence-electron chi connectivity index (χ0n) is 11.3. The fraction of sp³-hybridized carbons (Fsp3) is 0.417. The SMILES string of the molecule is Cc1cc(F)c(C(=O)O)c(NS(=O)(=O)N2CCOCC2)c1. The number of morpholine rings is 1. The zero-order chi connectivity index (χ0) is 15.6. The van der Waals surface area contributed by atoms with E-state index in [1.54, 1.807) is 6.92 Å². The Morgan fingerprint density at radius 3 is 2.57 bits per heavy atom. The summed E-state index contributed by atoms with van der Waals surface area (Å²) in [5.74, 6) is -2.52. The number of hydrogen-bond donors (Lipinski definition) is 2. The first-order valence-corrected chi connectivity index (χ1v) is 7.64. The Morgan fingerprint density at radius 2 is 2.00 bits per heavy atom. The summed E-state index contributed by atoms with van der Waals surface area (Å²) >= 11 is 0. The summed E-state index contributed by atoms with van der Waals surface area (Å²) in [6.45, 7) is 2.38. The van der Waals surface area contributed by atoms with Crippen LogP contribution in [0, 0.1) is 12.7 Å². The summed E-state index contributed by atoms with van der Waals surface area (Å²) in [6.07, 6.45) is 0. The van der Waals surface area contributed by atoms with Gasteiger partial charge in [-0.05, 0) is 24.6 Å². The van der Waals surface area contributed by atoms with Crippen molar-refractivity contribution in [3.8, 4) is 0 Å². The van der Waals surface area contributed by atoms with Crippen LogP contribution < -0.4 is 4.72 Å². The first-order chi connectivity index (χ1) is 9.81. The third-order valence-corrected chi connectivity index (χ3v) is 4.52. The van der Waals surface area contributed by atoms with E-state index in [0.717, 1.165) is 10.4 Å². The molecule has 0 atom stereocenters. The van der Waals surface area contributed by atoms with Gasteiger partial charge in [-0.1, -0.05) is 0 Å². The van der Waals surface area contributed by atoms with Gasteiger partial charge in [0, 0.05) is 13.1 Å². The van der Waals surface area contributed by atoms with Crippen LogP contribution in [0.2, 0.25) is 0 Å². The highest BCUT2D eigenvalue weighted by atomic mass is 32.2. The Bertz CT molecular complexity index is 656. The van der Waals surface area contributed by atoms with Gasteiger partial charge in [-0.15, -0.1) is 0 Å². The predicted molar refractivity (Wildman–Crippen MR) is 73.0 cm³/mol. The van der Waals surface area contributed by atoms with Crippen LogP contribution in [0.4, 0.5) is 10.1 Å². The molecule has 0 saturated carbocycles. The Morgan fingerprint density at radius 1 is 1.38 bits per heavy atom. The van der Waals surface area contributed by atoms with E-state index in [1.807, 2.05) is 0 Å². The highest BCUT2D eigenvalue weighted by molar-refractivity contribution is 7.90. The van der Waals surface area contributed by atoms with Crippen LogP contribution in [-0.2, 0) is 14.9 Å². The van der Waals surface area contributed by atoms with E-state index in [0.29, 0.717) is 5.56 Å². The number of nitrogens with zero attached hydrogens (tertiary/aromatic N) is 1. The van der Waals surface area contributed by atoms with Crippen LogP contribution in [-0.4, -0.2) is 50.1 Å². The molecule has 0 radical (unpaired) electrons. The maximum atomic E-state index is 13.7. The summed E-state index contributed by atoms with van der Waals surface area (Å²) in [4.78, 5) is 11.1. The van der Waals surface area contributed by atoms with Crippen molar-refractivity contribution in [2.75, 3.05) is 31.0 Å². The molecule has 0 bridgehead atoms. The number of aryl methyl sites for hydroxylation is 1. The maximum absolute atomic E-state index is 13.7. The Kier molecular flexibility index (Phi) is 4.45. The Labute approximate surface area is 121 Å². The van der Waals surface area contributed by atoms with E-state index >= 15 is 0 Å². The van der Waals surface area contributed by atoms with Crippen LogP contribution in [0.1, 0.15) is 15.9 Å². The highest BCUT2D eigenvalue weighted by Crippen LogP contribution is 2.23. The molecule has 1 heterocycles. The molecular formula is C12H15FN2O5S. The van der Waals surface area contributed by atoms with E-state index in [-0.39, 0.29) is 32.0 Å². The monoisotopic (exact) mass is 318 g/mol. The van der Waals surface area contributed by atoms with Gasteiger partial charge in [0.2, 0.25) is 0 Å². The van der Waals surface area contributed by atoms with Crippen molar-refractivity contribution in [3.63, 3.8) is 0 Å². The molecule has 0 spiro atoms. The topological polar surface area (TPSA) is 95.9 Å². The van der Waals surface area contributed by atoms with Crippen LogP contribution in [0.5, 0.6) is 0 Å². The zero-order valence-corrected chi connectivity index (χ0v) is 12.1. The lowest BCUT2D eigenvalue weighted by molar-refractivity contribution is 0.0692. The number of carbonyl (C=O) groups is 1. The molecule has 116 valence electrons. The van der Waals surface area contributed by atoms with E-state index < -0.39 is 27.6 Å². The second-order valence-corrected chi connectivity index (χ2v) is 6.26. The summed E-state index contributed by atoms with van der Waals surface area (Å²) < 4.78 is 46.4. The van der Waals surface area contributed by atoms with Crippen molar-refractivity contribution in [2.24, 2.45) is 0 Å². The number of carboxylic acids is 1. The third kappa shape index (κ3) is 3.49. The molecule has 9 heteroatoms. The van der Waals surface area contributed by atoms with E-state index in [1.165, 1.54) is 6.07 Å². The molecule has 7 nitrogen and oxygen atoms in total. The van der Waals surface area contributed by atoms with E-state index in [2.05, 4.69) is 4.72 Å². The van der Waals surface area contributed by atoms with Crippen molar-refractivity contribution in [2.45, 2.75) is 6.92 Å². The molecule has 1 aromatic carbocycles. The summed E-state index contributed by atoms with van der Waals surface area (Å²) in [5.41, 5.74) is -0.568. The number of hydrogen-bond acceptors (Lipinski definition) is 4. The highest BCUT2D eigenvalue weighted by Gasteiger charge is 2.27. The average Bonchev–Trinajstić information content (AvgIpc) is 2.37. The number of nitrogens with one attached hydrogen (secondary N) is 1. The number of aromatic carboxylic acids is 1. The van der Waals surface area contributed by atoms with Crippen molar-refractivity contribution < 1.29 is 27.4 Å². The molecule has 1 aliphatic rings. The number of anilines is 1. The third-order valence-electron chi connectivity index (χ3n) is 3.00. The first-order valence-electron chi connectivity index (χ1n) is 6.20. The number of carboxylic acid groups (broad SMARTS) is 1. The smallest absolute Gasteiger partial charge is 0.340 e. The van der Waals surface area contributed by atoms with Gasteiger partial charge in [0.15, 0.2) is 0 Å². The van der Waals surface area contributed by atoms with Crippen molar-refractivity contribution in [1.82, 2.24) is 4.31 Å². The lowest BCUT2D eigenvalue weighted by Crippen LogP contribution is -2.43. The lowest BCUT2D eigenvalue weighted by atomic mass is 10.1. The Balaban J connectivity index is 2.36. The maximum Gasteiger partial charge on any atom is 0.340 e. The molecule has 1 saturated heterocycles. The second-order valence-electron chi connectivity index (χ2n) is 4.59. The number of benzene rings is 1. The first kappa shape index (κ1) is 15.7. The molecule has 0 amide bonds. The van der Waals surface area contributed by atoms with Gasteiger partial charge in [-0.25, -0.2) is 9.18 Å². The molecule has 0 unspecified atom stereocenters. The summed E-state index contributed by atoms with van der Waals surface area (Å²) in [6, 6.07) is 2.32. The second kappa shape index (κ2) is 5.96. The van der Waals surface area contributed by atoms with Crippen molar-refractivity contribution in [3.05, 3.63) is 29.1 Å². The molecule has 1 fully saturated rings. The Hall–Kier alpha value is -1.71. The van der Waals surface area contributed by atoms with Gasteiger partial charge in [0.1, 0.15) is 11.4 Å². The van der Waals surface area contributed by atoms with E-state index in [9.17, 15) is 17.6 Å². The molecule has 0 aromatic heterocycles. The van der Waals surface area contributed by atoms with Gasteiger partial charge in [0.05, 0.1) is 18.9 Å². The summed E-state index contributed by atoms with van der Waals surface area (Å²) in [7, 11) is -3.95. The lowest BCUT2D eigenvalue weighted by Gasteiger charge is -2.26.